The number of hydrogen-bond donors (Lipinski definition) is 0. The molecule has 0 atom stereocenters. The predicted octanol–water partition coefficient (Wildman–Crippen LogP) is 1.64. The highest BCUT2D eigenvalue weighted by Gasteiger charge is 2.35. The first-order valence-corrected chi connectivity index (χ1v) is 10.8. The minimum absolute atomic E-state index is 0.137. The molecule has 0 bridgehead atoms. The number of amides is 1. The molecule has 7 nitrogen and oxygen atoms in total. The molecule has 0 radical (unpaired) electrons. The molecule has 2 fully saturated rings. The molecule has 27 heavy (non-hydrogen) atoms. The van der Waals surface area contributed by atoms with Crippen molar-refractivity contribution in [2.24, 2.45) is 0 Å². The topological polar surface area (TPSA) is 73.8 Å². The van der Waals surface area contributed by atoms with Gasteiger partial charge in [-0.1, -0.05) is 18.2 Å². The standard InChI is InChI=1S/C19H24N4O3S/c1-15-14-18(20-17-7-3-2-6-16(15)17)19(24)21-10-12-23(13-11-21)27(25,26)22-8-4-5-9-22/h2-3,6-7,14H,4-5,8-13H2,1H3. The normalized spacial score (nSPS) is 19.7. The van der Waals surface area contributed by atoms with E-state index in [1.165, 1.54) is 4.31 Å². The van der Waals surface area contributed by atoms with Gasteiger partial charge in [-0.25, -0.2) is 4.98 Å². The summed E-state index contributed by atoms with van der Waals surface area (Å²) in [6.45, 7) is 4.61. The number of hydrogen-bond acceptors (Lipinski definition) is 4. The molecule has 0 N–H and O–H groups in total. The van der Waals surface area contributed by atoms with Crippen LogP contribution in [-0.4, -0.2) is 72.1 Å². The van der Waals surface area contributed by atoms with Gasteiger partial charge < -0.3 is 4.90 Å². The molecule has 3 heterocycles. The van der Waals surface area contributed by atoms with E-state index in [-0.39, 0.29) is 5.91 Å². The Hall–Kier alpha value is -2.03. The van der Waals surface area contributed by atoms with Gasteiger partial charge in [0.25, 0.3) is 16.1 Å². The summed E-state index contributed by atoms with van der Waals surface area (Å²) in [4.78, 5) is 19.1. The molecular formula is C19H24N4O3S. The minimum Gasteiger partial charge on any atom is -0.335 e. The van der Waals surface area contributed by atoms with Gasteiger partial charge in [0.1, 0.15) is 5.69 Å². The summed E-state index contributed by atoms with van der Waals surface area (Å²) in [7, 11) is -3.40. The fraction of sp³-hybridized carbons (Fsp3) is 0.474. The van der Waals surface area contributed by atoms with Crippen molar-refractivity contribution < 1.29 is 13.2 Å². The molecule has 2 aliphatic rings. The zero-order valence-corrected chi connectivity index (χ0v) is 16.3. The molecule has 0 saturated carbocycles. The van der Waals surface area contributed by atoms with Crippen LogP contribution in [0.25, 0.3) is 10.9 Å². The van der Waals surface area contributed by atoms with Gasteiger partial charge in [-0.2, -0.15) is 17.0 Å². The molecule has 2 saturated heterocycles. The number of nitrogens with zero attached hydrogens (tertiary/aromatic N) is 4. The van der Waals surface area contributed by atoms with Crippen LogP contribution in [0.15, 0.2) is 30.3 Å². The lowest BCUT2D eigenvalue weighted by Gasteiger charge is -2.35. The smallest absolute Gasteiger partial charge is 0.282 e. The third-order valence-electron chi connectivity index (χ3n) is 5.39. The van der Waals surface area contributed by atoms with Gasteiger partial charge in [0.15, 0.2) is 0 Å². The highest BCUT2D eigenvalue weighted by atomic mass is 32.2. The predicted molar refractivity (Wildman–Crippen MR) is 104 cm³/mol. The third kappa shape index (κ3) is 3.44. The highest BCUT2D eigenvalue weighted by Crippen LogP contribution is 2.21. The van der Waals surface area contributed by atoms with Gasteiger partial charge in [0, 0.05) is 44.7 Å². The second-order valence-corrected chi connectivity index (χ2v) is 9.08. The number of fused-ring (bicyclic) bond motifs is 1. The van der Waals surface area contributed by atoms with Crippen LogP contribution in [0.4, 0.5) is 0 Å². The number of aromatic nitrogens is 1. The monoisotopic (exact) mass is 388 g/mol. The number of benzene rings is 1. The van der Waals surface area contributed by atoms with Crippen LogP contribution in [0.2, 0.25) is 0 Å². The maximum absolute atomic E-state index is 12.9. The summed E-state index contributed by atoms with van der Waals surface area (Å²) < 4.78 is 28.4. The van der Waals surface area contributed by atoms with E-state index in [2.05, 4.69) is 4.98 Å². The zero-order chi connectivity index (χ0) is 19.0. The maximum Gasteiger partial charge on any atom is 0.282 e. The van der Waals surface area contributed by atoms with E-state index >= 15 is 0 Å². The van der Waals surface area contributed by atoms with Gasteiger partial charge in [-0.15, -0.1) is 0 Å². The first-order chi connectivity index (χ1) is 13.0. The molecule has 0 aliphatic carbocycles. The Bertz CT molecular complexity index is 962. The lowest BCUT2D eigenvalue weighted by atomic mass is 10.1. The minimum atomic E-state index is -3.40. The lowest BCUT2D eigenvalue weighted by molar-refractivity contribution is 0.0689. The number of para-hydroxylation sites is 1. The molecule has 144 valence electrons. The largest absolute Gasteiger partial charge is 0.335 e. The number of rotatable bonds is 3. The van der Waals surface area contributed by atoms with Crippen molar-refractivity contribution in [3.8, 4) is 0 Å². The van der Waals surface area contributed by atoms with Crippen LogP contribution in [0, 0.1) is 6.92 Å². The molecular weight excluding hydrogens is 364 g/mol. The molecule has 2 aliphatic heterocycles. The van der Waals surface area contributed by atoms with Gasteiger partial charge in [0.2, 0.25) is 0 Å². The lowest BCUT2D eigenvalue weighted by Crippen LogP contribution is -2.53. The van der Waals surface area contributed by atoms with E-state index in [0.29, 0.717) is 45.0 Å². The Balaban J connectivity index is 1.47. The van der Waals surface area contributed by atoms with E-state index in [4.69, 9.17) is 0 Å². The van der Waals surface area contributed by atoms with Crippen molar-refractivity contribution in [3.63, 3.8) is 0 Å². The summed E-state index contributed by atoms with van der Waals surface area (Å²) in [5.74, 6) is -0.137. The van der Waals surface area contributed by atoms with Gasteiger partial charge in [-0.05, 0) is 37.5 Å². The molecule has 1 aromatic carbocycles. The first-order valence-electron chi connectivity index (χ1n) is 9.38. The van der Waals surface area contributed by atoms with Crippen LogP contribution < -0.4 is 0 Å². The van der Waals surface area contributed by atoms with Gasteiger partial charge in [-0.3, -0.25) is 4.79 Å². The van der Waals surface area contributed by atoms with E-state index in [9.17, 15) is 13.2 Å². The van der Waals surface area contributed by atoms with E-state index in [0.717, 1.165) is 29.3 Å². The van der Waals surface area contributed by atoms with Crippen molar-refractivity contribution in [1.82, 2.24) is 18.5 Å². The molecule has 8 heteroatoms. The third-order valence-corrected chi connectivity index (χ3v) is 7.42. The van der Waals surface area contributed by atoms with E-state index < -0.39 is 10.2 Å². The van der Waals surface area contributed by atoms with Crippen molar-refractivity contribution in [2.45, 2.75) is 19.8 Å². The van der Waals surface area contributed by atoms with Crippen molar-refractivity contribution >= 4 is 27.0 Å². The number of piperazine rings is 1. The summed E-state index contributed by atoms with van der Waals surface area (Å²) in [6.07, 6.45) is 1.84. The van der Waals surface area contributed by atoms with Crippen LogP contribution in [0.1, 0.15) is 28.9 Å². The fourth-order valence-electron chi connectivity index (χ4n) is 3.83. The van der Waals surface area contributed by atoms with Crippen LogP contribution in [0.3, 0.4) is 0 Å². The van der Waals surface area contributed by atoms with Crippen LogP contribution in [-0.2, 0) is 10.2 Å². The molecule has 4 rings (SSSR count). The second-order valence-electron chi connectivity index (χ2n) is 7.15. The number of carbonyl (C=O) groups is 1. The quantitative estimate of drug-likeness (QED) is 0.801. The molecule has 1 aromatic heterocycles. The average Bonchev–Trinajstić information content (AvgIpc) is 3.23. The molecule has 0 unspecified atom stereocenters. The van der Waals surface area contributed by atoms with E-state index in [1.54, 1.807) is 9.21 Å². The maximum atomic E-state index is 12.9. The van der Waals surface area contributed by atoms with Gasteiger partial charge >= 0.3 is 0 Å². The molecule has 2 aromatic rings. The number of pyridine rings is 1. The van der Waals surface area contributed by atoms with Crippen LogP contribution >= 0.6 is 0 Å². The first kappa shape index (κ1) is 18.3. The Kier molecular flexibility index (Phi) is 4.88. The van der Waals surface area contributed by atoms with E-state index in [1.807, 2.05) is 37.3 Å². The zero-order valence-electron chi connectivity index (χ0n) is 15.5. The second kappa shape index (κ2) is 7.18. The Morgan fingerprint density at radius 3 is 2.30 bits per heavy atom. The summed E-state index contributed by atoms with van der Waals surface area (Å²) in [5.41, 5.74) is 2.23. The van der Waals surface area contributed by atoms with Crippen molar-refractivity contribution in [1.29, 1.82) is 0 Å². The summed E-state index contributed by atoms with van der Waals surface area (Å²) in [6, 6.07) is 9.58. The molecule has 0 spiro atoms. The summed E-state index contributed by atoms with van der Waals surface area (Å²) in [5, 5.41) is 1.04. The average molecular weight is 388 g/mol. The van der Waals surface area contributed by atoms with Crippen molar-refractivity contribution in [3.05, 3.63) is 41.6 Å². The van der Waals surface area contributed by atoms with Crippen LogP contribution in [0.5, 0.6) is 0 Å². The van der Waals surface area contributed by atoms with Crippen molar-refractivity contribution in [2.75, 3.05) is 39.3 Å². The SMILES string of the molecule is Cc1cc(C(=O)N2CCN(S(=O)(=O)N3CCCC3)CC2)nc2ccccc12. The summed E-state index contributed by atoms with van der Waals surface area (Å²) >= 11 is 0. The fourth-order valence-corrected chi connectivity index (χ4v) is 5.50. The number of aryl methyl sites for hydroxylation is 1. The Morgan fingerprint density at radius 2 is 1.59 bits per heavy atom. The van der Waals surface area contributed by atoms with Gasteiger partial charge in [0.05, 0.1) is 5.52 Å². The number of carbonyl (C=O) groups excluding carboxylic acids is 1. The highest BCUT2D eigenvalue weighted by molar-refractivity contribution is 7.86. The molecule has 1 amide bonds. The Labute approximate surface area is 159 Å². The Morgan fingerprint density at radius 1 is 0.963 bits per heavy atom.